The van der Waals surface area contributed by atoms with Gasteiger partial charge in [0, 0.05) is 22.3 Å². The maximum absolute atomic E-state index is 12.7. The van der Waals surface area contributed by atoms with Crippen molar-refractivity contribution in [3.8, 4) is 11.5 Å². The first-order chi connectivity index (χ1) is 16.6. The number of hydrogen-bond donors (Lipinski definition) is 0. The lowest BCUT2D eigenvalue weighted by atomic mass is 9.80. The Hall–Kier alpha value is -4.25. The highest BCUT2D eigenvalue weighted by molar-refractivity contribution is 6.10. The molecule has 0 bridgehead atoms. The molecule has 0 spiro atoms. The van der Waals surface area contributed by atoms with Crippen molar-refractivity contribution < 1.29 is 23.7 Å². The molecule has 2 aliphatic carbocycles. The monoisotopic (exact) mass is 450 g/mol. The summed E-state index contributed by atoms with van der Waals surface area (Å²) in [7, 11) is 3.29. The standard InChI is InChI=1S/C29H22O5/c1-31-20-10-6-18(7-11-20)29(19-8-12-21(32-2)13-9-19)17-16-22-24(34-29)14-15-26-27(22)28-23(30)4-3-5-25(28)33-26/h3-17,26H,1-2H3. The molecule has 0 radical (unpaired) electrons. The summed E-state index contributed by atoms with van der Waals surface area (Å²) in [5.41, 5.74) is 3.37. The lowest BCUT2D eigenvalue weighted by molar-refractivity contribution is -0.111. The van der Waals surface area contributed by atoms with Gasteiger partial charge in [-0.05, 0) is 54.6 Å². The first-order valence-corrected chi connectivity index (χ1v) is 11.1. The second-order valence-corrected chi connectivity index (χ2v) is 8.35. The summed E-state index contributed by atoms with van der Waals surface area (Å²) < 4.78 is 23.6. The number of benzene rings is 2. The van der Waals surface area contributed by atoms with Crippen molar-refractivity contribution >= 4 is 5.78 Å². The third kappa shape index (κ3) is 2.97. The molecular weight excluding hydrogens is 428 g/mol. The molecule has 1 unspecified atom stereocenters. The zero-order chi connectivity index (χ0) is 23.3. The SMILES string of the molecule is COc1ccc(C2(c3ccc(OC)cc3)C=CC3=C(C=CC4OC5=CC=CC(=O)C5=C34)O2)cc1. The van der Waals surface area contributed by atoms with Crippen LogP contribution in [0, 0.1) is 0 Å². The van der Waals surface area contributed by atoms with Crippen molar-refractivity contribution in [2.45, 2.75) is 11.7 Å². The summed E-state index contributed by atoms with van der Waals surface area (Å²) in [6.45, 7) is 0. The van der Waals surface area contributed by atoms with Crippen molar-refractivity contribution in [1.82, 2.24) is 0 Å². The molecule has 0 saturated carbocycles. The van der Waals surface area contributed by atoms with Crippen LogP contribution < -0.4 is 9.47 Å². The number of hydrogen-bond acceptors (Lipinski definition) is 5. The summed E-state index contributed by atoms with van der Waals surface area (Å²) in [5, 5.41) is 0. The maximum Gasteiger partial charge on any atom is 0.190 e. The van der Waals surface area contributed by atoms with Crippen LogP contribution in [0.5, 0.6) is 11.5 Å². The third-order valence-corrected chi connectivity index (χ3v) is 6.57. The van der Waals surface area contributed by atoms with Crippen molar-refractivity contribution in [2.24, 2.45) is 0 Å². The quantitative estimate of drug-likeness (QED) is 0.651. The topological polar surface area (TPSA) is 54.0 Å². The van der Waals surface area contributed by atoms with E-state index in [1.54, 1.807) is 26.4 Å². The second kappa shape index (κ2) is 7.66. The normalized spacial score (nSPS) is 21.3. The predicted molar refractivity (Wildman–Crippen MR) is 127 cm³/mol. The van der Waals surface area contributed by atoms with E-state index in [0.717, 1.165) is 33.8 Å². The number of carbonyl (C=O) groups excluding carboxylic acids is 1. The molecular formula is C29H22O5. The first-order valence-electron chi connectivity index (χ1n) is 11.1. The summed E-state index contributed by atoms with van der Waals surface area (Å²) in [6.07, 6.45) is 12.8. The van der Waals surface area contributed by atoms with Crippen LogP contribution in [-0.4, -0.2) is 26.1 Å². The van der Waals surface area contributed by atoms with E-state index in [4.69, 9.17) is 18.9 Å². The van der Waals surface area contributed by atoms with Gasteiger partial charge >= 0.3 is 0 Å². The Labute approximate surface area is 197 Å². The molecule has 34 heavy (non-hydrogen) atoms. The van der Waals surface area contributed by atoms with Gasteiger partial charge in [0.2, 0.25) is 0 Å². The van der Waals surface area contributed by atoms with Crippen LogP contribution in [0.3, 0.4) is 0 Å². The van der Waals surface area contributed by atoms with Crippen LogP contribution in [0.15, 0.2) is 119 Å². The molecule has 0 aromatic heterocycles. The molecule has 4 aliphatic rings. The Balaban J connectivity index is 1.49. The molecule has 5 nitrogen and oxygen atoms in total. The Morgan fingerprint density at radius 1 is 0.853 bits per heavy atom. The average molecular weight is 450 g/mol. The van der Waals surface area contributed by atoms with Gasteiger partial charge in [0.05, 0.1) is 19.8 Å². The van der Waals surface area contributed by atoms with Gasteiger partial charge in [-0.15, -0.1) is 0 Å². The molecule has 168 valence electrons. The van der Waals surface area contributed by atoms with Gasteiger partial charge in [0.15, 0.2) is 11.4 Å². The molecule has 2 aliphatic heterocycles. The Morgan fingerprint density at radius 3 is 2.12 bits per heavy atom. The van der Waals surface area contributed by atoms with Crippen molar-refractivity contribution in [1.29, 1.82) is 0 Å². The molecule has 2 aromatic rings. The first kappa shape index (κ1) is 20.4. The number of methoxy groups -OCH3 is 2. The van der Waals surface area contributed by atoms with Gasteiger partial charge in [0.1, 0.15) is 29.1 Å². The highest BCUT2D eigenvalue weighted by Crippen LogP contribution is 2.48. The van der Waals surface area contributed by atoms with Gasteiger partial charge in [-0.1, -0.05) is 36.4 Å². The van der Waals surface area contributed by atoms with E-state index in [9.17, 15) is 4.79 Å². The number of allylic oxidation sites excluding steroid dienone is 6. The number of ketones is 1. The van der Waals surface area contributed by atoms with E-state index < -0.39 is 5.60 Å². The number of ether oxygens (including phenoxy) is 4. The zero-order valence-corrected chi connectivity index (χ0v) is 18.8. The summed E-state index contributed by atoms with van der Waals surface area (Å²) in [4.78, 5) is 12.7. The lowest BCUT2D eigenvalue weighted by Gasteiger charge is -2.38. The van der Waals surface area contributed by atoms with Crippen molar-refractivity contribution in [3.63, 3.8) is 0 Å². The maximum atomic E-state index is 12.7. The lowest BCUT2D eigenvalue weighted by Crippen LogP contribution is -2.32. The molecule has 0 amide bonds. The van der Waals surface area contributed by atoms with Gasteiger partial charge in [-0.2, -0.15) is 0 Å². The Morgan fingerprint density at radius 2 is 1.50 bits per heavy atom. The minimum absolute atomic E-state index is 0.0484. The van der Waals surface area contributed by atoms with E-state index in [1.165, 1.54) is 0 Å². The molecule has 2 aromatic carbocycles. The highest BCUT2D eigenvalue weighted by atomic mass is 16.5. The van der Waals surface area contributed by atoms with Gasteiger partial charge in [0.25, 0.3) is 0 Å². The van der Waals surface area contributed by atoms with E-state index in [2.05, 4.69) is 0 Å². The predicted octanol–water partition coefficient (Wildman–Crippen LogP) is 5.08. The zero-order valence-electron chi connectivity index (χ0n) is 18.8. The fourth-order valence-electron chi connectivity index (χ4n) is 4.86. The Kier molecular flexibility index (Phi) is 4.59. The van der Waals surface area contributed by atoms with Gasteiger partial charge in [-0.25, -0.2) is 0 Å². The van der Waals surface area contributed by atoms with E-state index in [1.807, 2.05) is 78.9 Å². The van der Waals surface area contributed by atoms with Crippen molar-refractivity contribution in [3.05, 3.63) is 130 Å². The minimum atomic E-state index is -0.867. The van der Waals surface area contributed by atoms with Crippen LogP contribution in [0.25, 0.3) is 0 Å². The number of fused-ring (bicyclic) bond motifs is 3. The summed E-state index contributed by atoms with van der Waals surface area (Å²) in [5.74, 6) is 2.80. The molecule has 2 heterocycles. The van der Waals surface area contributed by atoms with Crippen LogP contribution >= 0.6 is 0 Å². The molecule has 0 fully saturated rings. The fraction of sp³-hybridized carbons (Fsp3) is 0.138. The van der Waals surface area contributed by atoms with Crippen molar-refractivity contribution in [2.75, 3.05) is 14.2 Å². The molecule has 1 atom stereocenters. The highest BCUT2D eigenvalue weighted by Gasteiger charge is 2.43. The van der Waals surface area contributed by atoms with E-state index in [-0.39, 0.29) is 11.9 Å². The smallest absolute Gasteiger partial charge is 0.190 e. The van der Waals surface area contributed by atoms with Gasteiger partial charge in [-0.3, -0.25) is 4.79 Å². The largest absolute Gasteiger partial charge is 0.497 e. The molecule has 5 heteroatoms. The molecule has 0 N–H and O–H groups in total. The summed E-state index contributed by atoms with van der Waals surface area (Å²) in [6, 6.07) is 15.7. The Bertz CT molecular complexity index is 1320. The second-order valence-electron chi connectivity index (χ2n) is 8.35. The average Bonchev–Trinajstić information content (AvgIpc) is 3.29. The summed E-state index contributed by atoms with van der Waals surface area (Å²) >= 11 is 0. The van der Waals surface area contributed by atoms with Crippen LogP contribution in [0.1, 0.15) is 11.1 Å². The van der Waals surface area contributed by atoms with Crippen LogP contribution in [0.2, 0.25) is 0 Å². The van der Waals surface area contributed by atoms with E-state index in [0.29, 0.717) is 17.1 Å². The van der Waals surface area contributed by atoms with Gasteiger partial charge < -0.3 is 18.9 Å². The minimum Gasteiger partial charge on any atom is -0.497 e. The van der Waals surface area contributed by atoms with E-state index >= 15 is 0 Å². The fourth-order valence-corrected chi connectivity index (χ4v) is 4.86. The molecule has 0 saturated heterocycles. The molecule has 6 rings (SSSR count). The number of rotatable bonds is 4. The number of carbonyl (C=O) groups is 1. The van der Waals surface area contributed by atoms with Crippen LogP contribution in [-0.2, 0) is 19.9 Å². The van der Waals surface area contributed by atoms with Crippen LogP contribution in [0.4, 0.5) is 0 Å². The third-order valence-electron chi connectivity index (χ3n) is 6.57.